The van der Waals surface area contributed by atoms with Gasteiger partial charge in [-0.25, -0.2) is 0 Å². The molecule has 4 heteroatoms. The highest BCUT2D eigenvalue weighted by atomic mass is 35.5. The Hall–Kier alpha value is -2.00. The van der Waals surface area contributed by atoms with E-state index in [-0.39, 0.29) is 5.91 Å². The normalized spacial score (nSPS) is 11.0. The van der Waals surface area contributed by atoms with Crippen molar-refractivity contribution in [2.24, 2.45) is 5.41 Å². The van der Waals surface area contributed by atoms with Crippen LogP contribution in [0.1, 0.15) is 19.4 Å². The number of benzene rings is 2. The van der Waals surface area contributed by atoms with E-state index in [9.17, 15) is 4.79 Å². The summed E-state index contributed by atoms with van der Waals surface area (Å²) in [5.74, 6) is 1.81. The van der Waals surface area contributed by atoms with Gasteiger partial charge in [0.2, 0.25) is 5.91 Å². The third-order valence-corrected chi connectivity index (χ3v) is 3.97. The molecule has 2 aromatic rings. The Labute approximate surface area is 136 Å². The van der Waals surface area contributed by atoms with Crippen molar-refractivity contribution in [3.8, 4) is 11.5 Å². The third kappa shape index (κ3) is 4.50. The number of ether oxygens (including phenoxy) is 1. The van der Waals surface area contributed by atoms with Crippen LogP contribution in [0.4, 0.5) is 0 Å². The van der Waals surface area contributed by atoms with Crippen LogP contribution in [0.25, 0.3) is 0 Å². The first-order chi connectivity index (χ1) is 10.5. The fraction of sp³-hybridized carbons (Fsp3) is 0.278. The van der Waals surface area contributed by atoms with E-state index in [1.54, 1.807) is 0 Å². The van der Waals surface area contributed by atoms with Crippen LogP contribution in [0.2, 0.25) is 0 Å². The molecular formula is C18H20ClNO2. The van der Waals surface area contributed by atoms with Gasteiger partial charge in [-0.1, -0.05) is 30.3 Å². The lowest BCUT2D eigenvalue weighted by Gasteiger charge is -2.20. The van der Waals surface area contributed by atoms with Crippen molar-refractivity contribution in [2.75, 3.05) is 5.88 Å². The van der Waals surface area contributed by atoms with Gasteiger partial charge < -0.3 is 10.1 Å². The number of carbonyl (C=O) groups is 1. The summed E-state index contributed by atoms with van der Waals surface area (Å²) >= 11 is 5.79. The van der Waals surface area contributed by atoms with Crippen LogP contribution < -0.4 is 10.1 Å². The summed E-state index contributed by atoms with van der Waals surface area (Å²) in [5.41, 5.74) is 0.455. The van der Waals surface area contributed by atoms with Gasteiger partial charge in [-0.15, -0.1) is 11.6 Å². The average molecular weight is 318 g/mol. The number of alkyl halides is 1. The largest absolute Gasteiger partial charge is 0.457 e. The Morgan fingerprint density at radius 2 is 1.64 bits per heavy atom. The smallest absolute Gasteiger partial charge is 0.227 e. The molecule has 116 valence electrons. The highest BCUT2D eigenvalue weighted by Gasteiger charge is 2.25. The first kappa shape index (κ1) is 16.4. The predicted molar refractivity (Wildman–Crippen MR) is 89.3 cm³/mol. The number of amides is 1. The summed E-state index contributed by atoms with van der Waals surface area (Å²) in [6.07, 6.45) is 0. The molecule has 0 saturated carbocycles. The first-order valence-electron chi connectivity index (χ1n) is 7.17. The van der Waals surface area contributed by atoms with Gasteiger partial charge >= 0.3 is 0 Å². The number of rotatable bonds is 6. The molecule has 1 N–H and O–H groups in total. The summed E-state index contributed by atoms with van der Waals surface area (Å²) in [5, 5.41) is 2.90. The molecule has 1 amide bonds. The van der Waals surface area contributed by atoms with Crippen molar-refractivity contribution >= 4 is 17.5 Å². The summed E-state index contributed by atoms with van der Waals surface area (Å²) in [6.45, 7) is 4.13. The molecule has 2 aromatic carbocycles. The minimum absolute atomic E-state index is 0.0490. The first-order valence-corrected chi connectivity index (χ1v) is 7.71. The molecule has 0 aromatic heterocycles. The Bertz CT molecular complexity index is 609. The zero-order valence-electron chi connectivity index (χ0n) is 12.8. The highest BCUT2D eigenvalue weighted by molar-refractivity contribution is 6.19. The van der Waals surface area contributed by atoms with Crippen LogP contribution in [0.5, 0.6) is 11.5 Å². The maximum atomic E-state index is 12.0. The molecule has 0 saturated heterocycles. The fourth-order valence-corrected chi connectivity index (χ4v) is 1.90. The number of hydrogen-bond acceptors (Lipinski definition) is 2. The van der Waals surface area contributed by atoms with Gasteiger partial charge in [0.15, 0.2) is 0 Å². The van der Waals surface area contributed by atoms with Crippen LogP contribution in [0, 0.1) is 5.41 Å². The maximum Gasteiger partial charge on any atom is 0.227 e. The molecule has 0 fully saturated rings. The Balaban J connectivity index is 1.91. The van der Waals surface area contributed by atoms with E-state index < -0.39 is 5.41 Å². The van der Waals surface area contributed by atoms with Gasteiger partial charge in [-0.05, 0) is 43.7 Å². The minimum Gasteiger partial charge on any atom is -0.457 e. The van der Waals surface area contributed by atoms with Crippen LogP contribution in [-0.2, 0) is 11.3 Å². The molecular weight excluding hydrogens is 298 g/mol. The molecule has 3 nitrogen and oxygen atoms in total. The standard InChI is InChI=1S/C18H20ClNO2/c1-18(2,13-19)17(21)20-12-14-8-10-16(11-9-14)22-15-6-4-3-5-7-15/h3-11H,12-13H2,1-2H3,(H,20,21). The van der Waals surface area contributed by atoms with E-state index in [1.807, 2.05) is 68.4 Å². The fourth-order valence-electron chi connectivity index (χ4n) is 1.78. The molecule has 2 rings (SSSR count). The van der Waals surface area contributed by atoms with E-state index >= 15 is 0 Å². The Kier molecular flexibility index (Phi) is 5.45. The molecule has 0 heterocycles. The van der Waals surface area contributed by atoms with Gasteiger partial charge in [0.25, 0.3) is 0 Å². The minimum atomic E-state index is -0.558. The second-order valence-electron chi connectivity index (χ2n) is 5.76. The second kappa shape index (κ2) is 7.32. The van der Waals surface area contributed by atoms with Gasteiger partial charge in [0.05, 0.1) is 5.41 Å². The average Bonchev–Trinajstić information content (AvgIpc) is 2.55. The number of halogens is 1. The van der Waals surface area contributed by atoms with Crippen molar-refractivity contribution in [1.82, 2.24) is 5.32 Å². The lowest BCUT2D eigenvalue weighted by Crippen LogP contribution is -2.37. The summed E-state index contributed by atoms with van der Waals surface area (Å²) in [7, 11) is 0. The summed E-state index contributed by atoms with van der Waals surface area (Å²) in [4.78, 5) is 12.0. The zero-order chi connectivity index (χ0) is 16.0. The Morgan fingerprint density at radius 3 is 2.23 bits per heavy atom. The molecule has 0 unspecified atom stereocenters. The molecule has 0 radical (unpaired) electrons. The van der Waals surface area contributed by atoms with Gasteiger partial charge in [-0.3, -0.25) is 4.79 Å². The lowest BCUT2D eigenvalue weighted by molar-refractivity contribution is -0.128. The summed E-state index contributed by atoms with van der Waals surface area (Å²) < 4.78 is 5.73. The van der Waals surface area contributed by atoms with Crippen molar-refractivity contribution in [2.45, 2.75) is 20.4 Å². The number of carbonyl (C=O) groups excluding carboxylic acids is 1. The molecule has 0 aliphatic carbocycles. The summed E-state index contributed by atoms with van der Waals surface area (Å²) in [6, 6.07) is 17.3. The Morgan fingerprint density at radius 1 is 1.05 bits per heavy atom. The number of hydrogen-bond donors (Lipinski definition) is 1. The van der Waals surface area contributed by atoms with Crippen molar-refractivity contribution in [3.63, 3.8) is 0 Å². The van der Waals surface area contributed by atoms with E-state index in [2.05, 4.69) is 5.32 Å². The van der Waals surface area contributed by atoms with Crippen molar-refractivity contribution < 1.29 is 9.53 Å². The van der Waals surface area contributed by atoms with Crippen molar-refractivity contribution in [3.05, 3.63) is 60.2 Å². The van der Waals surface area contributed by atoms with E-state index in [0.717, 1.165) is 17.1 Å². The molecule has 22 heavy (non-hydrogen) atoms. The topological polar surface area (TPSA) is 38.3 Å². The maximum absolute atomic E-state index is 12.0. The highest BCUT2D eigenvalue weighted by Crippen LogP contribution is 2.21. The van der Waals surface area contributed by atoms with Crippen LogP contribution in [0.3, 0.4) is 0 Å². The predicted octanol–water partition coefficient (Wildman–Crippen LogP) is 4.36. The van der Waals surface area contributed by atoms with Gasteiger partial charge in [0.1, 0.15) is 11.5 Å². The molecule has 0 atom stereocenters. The van der Waals surface area contributed by atoms with Crippen LogP contribution in [-0.4, -0.2) is 11.8 Å². The molecule has 0 aliphatic heterocycles. The SMILES string of the molecule is CC(C)(CCl)C(=O)NCc1ccc(Oc2ccccc2)cc1. The molecule has 0 spiro atoms. The van der Waals surface area contributed by atoms with Crippen LogP contribution in [0.15, 0.2) is 54.6 Å². The molecule has 0 aliphatic rings. The van der Waals surface area contributed by atoms with E-state index in [1.165, 1.54) is 0 Å². The van der Waals surface area contributed by atoms with Gasteiger partial charge in [-0.2, -0.15) is 0 Å². The number of nitrogens with one attached hydrogen (secondary N) is 1. The van der Waals surface area contributed by atoms with Gasteiger partial charge in [0, 0.05) is 12.4 Å². The monoisotopic (exact) mass is 317 g/mol. The quantitative estimate of drug-likeness (QED) is 0.804. The van der Waals surface area contributed by atoms with Crippen LogP contribution >= 0.6 is 11.6 Å². The zero-order valence-corrected chi connectivity index (χ0v) is 13.6. The number of para-hydroxylation sites is 1. The van der Waals surface area contributed by atoms with E-state index in [0.29, 0.717) is 12.4 Å². The van der Waals surface area contributed by atoms with Crippen molar-refractivity contribution in [1.29, 1.82) is 0 Å². The molecule has 0 bridgehead atoms. The second-order valence-corrected chi connectivity index (χ2v) is 6.03. The van der Waals surface area contributed by atoms with E-state index in [4.69, 9.17) is 16.3 Å². The third-order valence-electron chi connectivity index (χ3n) is 3.30. The lowest BCUT2D eigenvalue weighted by atomic mass is 9.95.